The van der Waals surface area contributed by atoms with E-state index in [0.717, 1.165) is 5.69 Å². The number of carbonyl (C=O) groups is 1. The summed E-state index contributed by atoms with van der Waals surface area (Å²) in [5.41, 5.74) is 1.14. The molecular weight excluding hydrogens is 248 g/mol. The Morgan fingerprint density at radius 1 is 1.28 bits per heavy atom. The van der Waals surface area contributed by atoms with Gasteiger partial charge in [0.05, 0.1) is 0 Å². The van der Waals surface area contributed by atoms with E-state index in [1.807, 2.05) is 32.9 Å². The van der Waals surface area contributed by atoms with Crippen LogP contribution in [-0.2, 0) is 4.74 Å². The predicted molar refractivity (Wildman–Crippen MR) is 77.7 cm³/mol. The van der Waals surface area contributed by atoms with Gasteiger partial charge < -0.3 is 9.46 Å². The number of hydrogen-bond donors (Lipinski definition) is 2. The van der Waals surface area contributed by atoms with Crippen molar-refractivity contribution in [1.29, 1.82) is 0 Å². The zero-order valence-electron chi connectivity index (χ0n) is 10.8. The minimum atomic E-state index is -0.494. The molecule has 0 aliphatic carbocycles. The first kappa shape index (κ1) is 14.4. The Bertz CT molecular complexity index is 410. The van der Waals surface area contributed by atoms with Gasteiger partial charge in [0.2, 0.25) is 0 Å². The molecule has 0 fully saturated rings. The van der Waals surface area contributed by atoms with Crippen molar-refractivity contribution in [2.24, 2.45) is 0 Å². The van der Waals surface area contributed by atoms with Crippen molar-refractivity contribution in [3.8, 4) is 0 Å². The second kappa shape index (κ2) is 6.35. The van der Waals surface area contributed by atoms with E-state index in [2.05, 4.69) is 16.6 Å². The van der Waals surface area contributed by atoms with Crippen molar-refractivity contribution in [3.05, 3.63) is 36.3 Å². The highest BCUT2D eigenvalue weighted by Crippen LogP contribution is 2.17. The maximum atomic E-state index is 11.5. The van der Waals surface area contributed by atoms with Crippen LogP contribution in [0.3, 0.4) is 0 Å². The van der Waals surface area contributed by atoms with Crippen LogP contribution >= 0.6 is 11.9 Å². The van der Waals surface area contributed by atoms with Crippen LogP contribution in [0.5, 0.6) is 0 Å². The Morgan fingerprint density at radius 2 is 1.83 bits per heavy atom. The van der Waals surface area contributed by atoms with Crippen LogP contribution in [0.4, 0.5) is 16.2 Å². The molecule has 1 amide bonds. The van der Waals surface area contributed by atoms with Crippen molar-refractivity contribution >= 4 is 29.4 Å². The van der Waals surface area contributed by atoms with Gasteiger partial charge in [0, 0.05) is 11.4 Å². The summed E-state index contributed by atoms with van der Waals surface area (Å²) in [6.45, 7) is 9.07. The van der Waals surface area contributed by atoms with Crippen molar-refractivity contribution in [3.63, 3.8) is 0 Å². The summed E-state index contributed by atoms with van der Waals surface area (Å²) in [6.07, 6.45) is -0.455. The fourth-order valence-corrected chi connectivity index (χ4v) is 1.51. The Morgan fingerprint density at radius 3 is 2.33 bits per heavy atom. The lowest BCUT2D eigenvalue weighted by Crippen LogP contribution is -2.27. The Hall–Kier alpha value is -1.62. The minimum absolute atomic E-state index is 0.455. The van der Waals surface area contributed by atoms with E-state index >= 15 is 0 Å². The van der Waals surface area contributed by atoms with Gasteiger partial charge in [0.15, 0.2) is 0 Å². The molecule has 0 aliphatic heterocycles. The molecular formula is C13H18N2O2S. The molecule has 0 spiro atoms. The van der Waals surface area contributed by atoms with Gasteiger partial charge in [0.1, 0.15) is 5.60 Å². The van der Waals surface area contributed by atoms with Gasteiger partial charge in [-0.25, -0.2) is 4.79 Å². The van der Waals surface area contributed by atoms with E-state index in [9.17, 15) is 4.79 Å². The smallest absolute Gasteiger partial charge is 0.412 e. The molecule has 0 unspecified atom stereocenters. The first-order valence-corrected chi connectivity index (χ1v) is 6.41. The SMILES string of the molecule is C=CSNc1ccc(NC(=O)OC(C)(C)C)cc1. The third-order valence-electron chi connectivity index (χ3n) is 1.79. The molecule has 1 rings (SSSR count). The Labute approximate surface area is 112 Å². The molecule has 98 valence electrons. The fourth-order valence-electron chi connectivity index (χ4n) is 1.15. The van der Waals surface area contributed by atoms with Crippen molar-refractivity contribution < 1.29 is 9.53 Å². The molecule has 0 saturated carbocycles. The van der Waals surface area contributed by atoms with Gasteiger partial charge in [-0.2, -0.15) is 0 Å². The van der Waals surface area contributed by atoms with E-state index in [0.29, 0.717) is 5.69 Å². The average molecular weight is 266 g/mol. The van der Waals surface area contributed by atoms with Crippen molar-refractivity contribution in [2.45, 2.75) is 26.4 Å². The first-order chi connectivity index (χ1) is 8.40. The lowest BCUT2D eigenvalue weighted by molar-refractivity contribution is 0.0636. The summed E-state index contributed by atoms with van der Waals surface area (Å²) in [6, 6.07) is 7.33. The van der Waals surface area contributed by atoms with Crippen LogP contribution in [-0.4, -0.2) is 11.7 Å². The summed E-state index contributed by atoms with van der Waals surface area (Å²) in [7, 11) is 0. The van der Waals surface area contributed by atoms with Gasteiger partial charge in [-0.3, -0.25) is 5.32 Å². The molecule has 1 aromatic rings. The highest BCUT2D eigenvalue weighted by molar-refractivity contribution is 8.03. The van der Waals surface area contributed by atoms with E-state index in [1.54, 1.807) is 17.5 Å². The van der Waals surface area contributed by atoms with Crippen LogP contribution in [0.25, 0.3) is 0 Å². The monoisotopic (exact) mass is 266 g/mol. The third-order valence-corrected chi connectivity index (χ3v) is 2.31. The standard InChI is InChI=1S/C13H18N2O2S/c1-5-18-15-11-8-6-10(7-9-11)14-12(16)17-13(2,3)4/h5-9,15H,1H2,2-4H3,(H,14,16). The molecule has 5 heteroatoms. The number of carbonyl (C=O) groups excluding carboxylic acids is 1. The van der Waals surface area contributed by atoms with Crippen LogP contribution in [0.1, 0.15) is 20.8 Å². The maximum Gasteiger partial charge on any atom is 0.412 e. The second-order valence-electron chi connectivity index (χ2n) is 4.59. The average Bonchev–Trinajstić information content (AvgIpc) is 2.25. The molecule has 0 aliphatic rings. The molecule has 0 bridgehead atoms. The first-order valence-electron chi connectivity index (χ1n) is 5.53. The predicted octanol–water partition coefficient (Wildman–Crippen LogP) is 4.24. The van der Waals surface area contributed by atoms with Crippen LogP contribution in [0.2, 0.25) is 0 Å². The summed E-state index contributed by atoms with van der Waals surface area (Å²) in [4.78, 5) is 11.5. The van der Waals surface area contributed by atoms with Crippen LogP contribution in [0.15, 0.2) is 36.3 Å². The van der Waals surface area contributed by atoms with E-state index in [1.165, 1.54) is 11.9 Å². The molecule has 0 saturated heterocycles. The summed E-state index contributed by atoms with van der Waals surface area (Å²) < 4.78 is 8.22. The van der Waals surface area contributed by atoms with Gasteiger partial charge in [0.25, 0.3) is 0 Å². The number of amides is 1. The van der Waals surface area contributed by atoms with Crippen LogP contribution in [0, 0.1) is 0 Å². The molecule has 0 aromatic heterocycles. The topological polar surface area (TPSA) is 50.4 Å². The zero-order valence-corrected chi connectivity index (χ0v) is 11.6. The van der Waals surface area contributed by atoms with Gasteiger partial charge in [-0.15, -0.1) is 0 Å². The highest BCUT2D eigenvalue weighted by atomic mass is 32.2. The van der Waals surface area contributed by atoms with Gasteiger partial charge >= 0.3 is 6.09 Å². The lowest BCUT2D eigenvalue weighted by Gasteiger charge is -2.19. The quantitative estimate of drug-likeness (QED) is 0.800. The molecule has 0 heterocycles. The van der Waals surface area contributed by atoms with Gasteiger partial charge in [-0.1, -0.05) is 6.58 Å². The molecule has 2 N–H and O–H groups in total. The second-order valence-corrected chi connectivity index (χ2v) is 5.36. The number of benzene rings is 1. The lowest BCUT2D eigenvalue weighted by atomic mass is 10.2. The molecule has 0 atom stereocenters. The maximum absolute atomic E-state index is 11.5. The number of nitrogens with one attached hydrogen (secondary N) is 2. The number of ether oxygens (including phenoxy) is 1. The molecule has 4 nitrogen and oxygen atoms in total. The Balaban J connectivity index is 2.53. The van der Waals surface area contributed by atoms with Crippen molar-refractivity contribution in [1.82, 2.24) is 0 Å². The Kier molecular flexibility index (Phi) is 5.09. The van der Waals surface area contributed by atoms with Crippen LogP contribution < -0.4 is 10.0 Å². The van der Waals surface area contributed by atoms with Gasteiger partial charge in [-0.05, 0) is 62.4 Å². The minimum Gasteiger partial charge on any atom is -0.444 e. The number of anilines is 2. The molecule has 18 heavy (non-hydrogen) atoms. The van der Waals surface area contributed by atoms with E-state index < -0.39 is 11.7 Å². The summed E-state index contributed by atoms with van der Waals surface area (Å²) >= 11 is 1.39. The molecule has 1 aromatic carbocycles. The fraction of sp³-hybridized carbons (Fsp3) is 0.308. The van der Waals surface area contributed by atoms with E-state index in [-0.39, 0.29) is 0 Å². The van der Waals surface area contributed by atoms with E-state index in [4.69, 9.17) is 4.74 Å². The largest absolute Gasteiger partial charge is 0.444 e. The highest BCUT2D eigenvalue weighted by Gasteiger charge is 2.15. The summed E-state index contributed by atoms with van der Waals surface area (Å²) in [5, 5.41) is 4.37. The van der Waals surface area contributed by atoms with Crippen molar-refractivity contribution in [2.75, 3.05) is 10.0 Å². The third kappa shape index (κ3) is 5.63. The zero-order chi connectivity index (χ0) is 13.6. The number of rotatable bonds is 4. The number of hydrogen-bond acceptors (Lipinski definition) is 4. The summed E-state index contributed by atoms with van der Waals surface area (Å²) in [5.74, 6) is 0. The normalized spacial score (nSPS) is 10.6. The molecule has 0 radical (unpaired) electrons.